The van der Waals surface area contributed by atoms with Crippen LogP contribution in [-0.2, 0) is 16.0 Å². The Hall–Kier alpha value is -2.21. The van der Waals surface area contributed by atoms with Gasteiger partial charge in [-0.05, 0) is 12.8 Å². The minimum absolute atomic E-state index is 0.134. The zero-order valence-electron chi connectivity index (χ0n) is 14.0. The lowest BCUT2D eigenvalue weighted by Gasteiger charge is -2.27. The molecular weight excluding hydrogens is 336 g/mol. The van der Waals surface area contributed by atoms with Crippen molar-refractivity contribution in [2.45, 2.75) is 32.1 Å². The van der Waals surface area contributed by atoms with Crippen LogP contribution in [0.2, 0.25) is 0 Å². The topological polar surface area (TPSA) is 79.3 Å². The van der Waals surface area contributed by atoms with E-state index in [1.807, 2.05) is 35.7 Å². The summed E-state index contributed by atoms with van der Waals surface area (Å²) in [6.45, 7) is 0.486. The summed E-state index contributed by atoms with van der Waals surface area (Å²) < 4.78 is 0. The van der Waals surface area contributed by atoms with Crippen LogP contribution >= 0.6 is 11.3 Å². The van der Waals surface area contributed by atoms with Crippen LogP contribution < -0.4 is 5.32 Å². The monoisotopic (exact) mass is 358 g/mol. The Morgan fingerprint density at radius 2 is 1.88 bits per heavy atom. The average Bonchev–Trinajstić information content (AvgIpc) is 3.11. The van der Waals surface area contributed by atoms with Crippen molar-refractivity contribution in [1.82, 2.24) is 10.3 Å². The molecular formula is C19H22N2O3S. The maximum absolute atomic E-state index is 12.3. The molecule has 1 aliphatic carbocycles. The van der Waals surface area contributed by atoms with Crippen molar-refractivity contribution in [3.63, 3.8) is 0 Å². The predicted octanol–water partition coefficient (Wildman–Crippen LogP) is 3.36. The number of rotatable bonds is 6. The highest BCUT2D eigenvalue weighted by Crippen LogP contribution is 2.30. The van der Waals surface area contributed by atoms with Crippen molar-refractivity contribution >= 4 is 23.2 Å². The van der Waals surface area contributed by atoms with Crippen molar-refractivity contribution in [3.8, 4) is 10.6 Å². The van der Waals surface area contributed by atoms with Gasteiger partial charge in [0.25, 0.3) is 0 Å². The Balaban J connectivity index is 1.52. The molecule has 0 spiro atoms. The molecule has 1 aromatic heterocycles. The van der Waals surface area contributed by atoms with E-state index in [-0.39, 0.29) is 5.91 Å². The first kappa shape index (κ1) is 17.6. The van der Waals surface area contributed by atoms with Crippen LogP contribution in [0, 0.1) is 11.8 Å². The van der Waals surface area contributed by atoms with E-state index in [2.05, 4.69) is 10.3 Å². The van der Waals surface area contributed by atoms with Crippen LogP contribution in [0.1, 0.15) is 31.4 Å². The van der Waals surface area contributed by atoms with Gasteiger partial charge >= 0.3 is 5.97 Å². The van der Waals surface area contributed by atoms with Gasteiger partial charge in [-0.3, -0.25) is 9.59 Å². The maximum atomic E-state index is 12.3. The number of benzene rings is 1. The van der Waals surface area contributed by atoms with Crippen molar-refractivity contribution in [2.75, 3.05) is 6.54 Å². The van der Waals surface area contributed by atoms with Gasteiger partial charge in [-0.1, -0.05) is 43.2 Å². The number of amides is 1. The second-order valence-corrected chi connectivity index (χ2v) is 7.24. The molecule has 1 saturated carbocycles. The number of carbonyl (C=O) groups excluding carboxylic acids is 1. The number of hydrogen-bond donors (Lipinski definition) is 2. The van der Waals surface area contributed by atoms with Gasteiger partial charge in [-0.25, -0.2) is 4.98 Å². The molecule has 5 nitrogen and oxygen atoms in total. The van der Waals surface area contributed by atoms with Gasteiger partial charge in [0.2, 0.25) is 5.91 Å². The van der Waals surface area contributed by atoms with Crippen LogP contribution in [0.3, 0.4) is 0 Å². The summed E-state index contributed by atoms with van der Waals surface area (Å²) in [5.41, 5.74) is 2.04. The number of thiazole rings is 1. The molecule has 1 heterocycles. The Labute approximate surface area is 151 Å². The minimum Gasteiger partial charge on any atom is -0.481 e. The van der Waals surface area contributed by atoms with Crippen LogP contribution in [0.25, 0.3) is 10.6 Å². The molecule has 0 saturated heterocycles. The Kier molecular flexibility index (Phi) is 5.81. The standard InChI is InChI=1S/C19H22N2O3S/c22-17(15-8-4-5-9-16(15)19(23)24)20-11-10-14-12-25-18(21-14)13-6-2-1-3-7-13/h1-3,6-7,12,15-16H,4-5,8-11H2,(H,20,22)(H,23,24). The quantitative estimate of drug-likeness (QED) is 0.830. The fourth-order valence-electron chi connectivity index (χ4n) is 3.32. The fraction of sp³-hybridized carbons (Fsp3) is 0.421. The summed E-state index contributed by atoms with van der Waals surface area (Å²) in [5, 5.41) is 15.2. The summed E-state index contributed by atoms with van der Waals surface area (Å²) in [4.78, 5) is 28.3. The van der Waals surface area contributed by atoms with E-state index in [4.69, 9.17) is 0 Å². The van der Waals surface area contributed by atoms with Gasteiger partial charge in [0.15, 0.2) is 0 Å². The number of carbonyl (C=O) groups is 2. The Morgan fingerprint density at radius 1 is 1.16 bits per heavy atom. The largest absolute Gasteiger partial charge is 0.481 e. The van der Waals surface area contributed by atoms with Crippen LogP contribution in [-0.4, -0.2) is 28.5 Å². The van der Waals surface area contributed by atoms with Gasteiger partial charge in [0, 0.05) is 23.9 Å². The molecule has 2 unspecified atom stereocenters. The summed E-state index contributed by atoms with van der Waals surface area (Å²) in [6.07, 6.45) is 3.73. The summed E-state index contributed by atoms with van der Waals surface area (Å²) in [7, 11) is 0. The summed E-state index contributed by atoms with van der Waals surface area (Å²) >= 11 is 1.59. The highest BCUT2D eigenvalue weighted by Gasteiger charge is 2.35. The first-order valence-electron chi connectivity index (χ1n) is 8.65. The molecule has 6 heteroatoms. The van der Waals surface area contributed by atoms with Crippen molar-refractivity contribution in [2.24, 2.45) is 11.8 Å². The van der Waals surface area contributed by atoms with Crippen molar-refractivity contribution in [3.05, 3.63) is 41.4 Å². The molecule has 3 rings (SSSR count). The SMILES string of the molecule is O=C(O)C1CCCCC1C(=O)NCCc1csc(-c2ccccc2)n1. The highest BCUT2D eigenvalue weighted by molar-refractivity contribution is 7.13. The lowest BCUT2D eigenvalue weighted by molar-refractivity contribution is -0.148. The van der Waals surface area contributed by atoms with E-state index in [9.17, 15) is 14.7 Å². The van der Waals surface area contributed by atoms with Gasteiger partial charge in [-0.2, -0.15) is 0 Å². The highest BCUT2D eigenvalue weighted by atomic mass is 32.1. The second kappa shape index (κ2) is 8.25. The zero-order chi connectivity index (χ0) is 17.6. The molecule has 1 aliphatic rings. The Morgan fingerprint density at radius 3 is 2.60 bits per heavy atom. The zero-order valence-corrected chi connectivity index (χ0v) is 14.8. The fourth-order valence-corrected chi connectivity index (χ4v) is 4.18. The first-order valence-corrected chi connectivity index (χ1v) is 9.53. The van der Waals surface area contributed by atoms with Crippen LogP contribution in [0.4, 0.5) is 0 Å². The van der Waals surface area contributed by atoms with Crippen molar-refractivity contribution < 1.29 is 14.7 Å². The minimum atomic E-state index is -0.855. The Bertz CT molecular complexity index is 729. The molecule has 1 aromatic carbocycles. The molecule has 2 atom stereocenters. The van der Waals surface area contributed by atoms with Gasteiger partial charge in [-0.15, -0.1) is 11.3 Å². The molecule has 0 aliphatic heterocycles. The normalized spacial score (nSPS) is 20.2. The number of carboxylic acid groups (broad SMARTS) is 1. The number of carboxylic acids is 1. The third kappa shape index (κ3) is 4.45. The molecule has 2 aromatic rings. The van der Waals surface area contributed by atoms with E-state index in [1.165, 1.54) is 0 Å². The van der Waals surface area contributed by atoms with Gasteiger partial charge in [0.05, 0.1) is 17.5 Å². The maximum Gasteiger partial charge on any atom is 0.307 e. The van der Waals surface area contributed by atoms with Crippen LogP contribution in [0.5, 0.6) is 0 Å². The molecule has 1 fully saturated rings. The number of nitrogens with zero attached hydrogens (tertiary/aromatic N) is 1. The van der Waals surface area contributed by atoms with Gasteiger partial charge in [0.1, 0.15) is 5.01 Å². The van der Waals surface area contributed by atoms with E-state index in [0.717, 1.165) is 29.1 Å². The molecule has 25 heavy (non-hydrogen) atoms. The van der Waals surface area contributed by atoms with E-state index < -0.39 is 17.8 Å². The van der Waals surface area contributed by atoms with E-state index in [0.29, 0.717) is 25.8 Å². The number of hydrogen-bond acceptors (Lipinski definition) is 4. The first-order chi connectivity index (χ1) is 12.1. The third-order valence-corrected chi connectivity index (χ3v) is 5.61. The second-order valence-electron chi connectivity index (χ2n) is 6.39. The van der Waals surface area contributed by atoms with E-state index in [1.54, 1.807) is 11.3 Å². The van der Waals surface area contributed by atoms with Crippen LogP contribution in [0.15, 0.2) is 35.7 Å². The summed E-state index contributed by atoms with van der Waals surface area (Å²) in [6, 6.07) is 10.0. The smallest absolute Gasteiger partial charge is 0.307 e. The molecule has 132 valence electrons. The molecule has 0 radical (unpaired) electrons. The lowest BCUT2D eigenvalue weighted by atomic mass is 9.78. The average molecular weight is 358 g/mol. The number of nitrogens with one attached hydrogen (secondary N) is 1. The molecule has 0 bridgehead atoms. The molecule has 1 amide bonds. The summed E-state index contributed by atoms with van der Waals surface area (Å²) in [5.74, 6) is -1.93. The molecule has 2 N–H and O–H groups in total. The number of aliphatic carboxylic acids is 1. The lowest BCUT2D eigenvalue weighted by Crippen LogP contribution is -2.40. The third-order valence-electron chi connectivity index (χ3n) is 4.67. The van der Waals surface area contributed by atoms with Gasteiger partial charge < -0.3 is 10.4 Å². The van der Waals surface area contributed by atoms with E-state index >= 15 is 0 Å². The number of aromatic nitrogens is 1. The van der Waals surface area contributed by atoms with Crippen molar-refractivity contribution in [1.29, 1.82) is 0 Å². The predicted molar refractivity (Wildman–Crippen MR) is 97.3 cm³/mol.